The minimum atomic E-state index is -2.09. The molecule has 2 amide bonds. The minimum absolute atomic E-state index is 0.174. The van der Waals surface area contributed by atoms with Crippen molar-refractivity contribution in [2.75, 3.05) is 27.9 Å². The van der Waals surface area contributed by atoms with Crippen LogP contribution in [0.4, 0.5) is 0 Å². The molecule has 3 aromatic rings. The van der Waals surface area contributed by atoms with Crippen LogP contribution in [0.3, 0.4) is 0 Å². The van der Waals surface area contributed by atoms with E-state index in [-0.39, 0.29) is 30.0 Å². The molecule has 6 rings (SSSR count). The van der Waals surface area contributed by atoms with Gasteiger partial charge in [0.2, 0.25) is 5.91 Å². The van der Waals surface area contributed by atoms with E-state index in [1.165, 1.54) is 35.2 Å². The van der Waals surface area contributed by atoms with Gasteiger partial charge in [0.25, 0.3) is 5.91 Å². The summed E-state index contributed by atoms with van der Waals surface area (Å²) in [4.78, 5) is 43.3. The summed E-state index contributed by atoms with van der Waals surface area (Å²) in [5, 5.41) is 27.1. The SMILES string of the molecule is CC[C@@](C)(O)C(=O)N[C@@H]1CCCN1C(=O)[C@H]1[C@H](c2ccccc2)[C@@]2(O)c3c(OC)cc(OC)cc3O[C@]1(c1ccc(OC)cc1)[C@H]2OC(C)=O. The number of nitrogens with one attached hydrogen (secondary N) is 1. The molecular weight excluding hydrogens is 644 g/mol. The number of aliphatic hydroxyl groups is 2. The Balaban J connectivity index is 1.65. The smallest absolute Gasteiger partial charge is 0.303 e. The maximum absolute atomic E-state index is 15.5. The summed E-state index contributed by atoms with van der Waals surface area (Å²) in [7, 11) is 4.47. The Kier molecular flexibility index (Phi) is 9.21. The summed E-state index contributed by atoms with van der Waals surface area (Å²) >= 11 is 0. The standard InChI is InChI=1S/C38H44N2O10/c1-7-36(3,44)35(43)39-29-14-11-19-40(29)33(42)32-30(23-12-9-8-10-13-23)37(45)31-27(48-6)20-26(47-5)21-28(31)50-38(32,34(37)49-22(2)41)24-15-17-25(46-4)18-16-24/h8-10,12-13,15-18,20-21,29-30,32,34,44-45H,7,11,14,19H2,1-6H3,(H,39,43)/t29-,30-,32+,34-,36+,37+,38-/m0/s1. The lowest BCUT2D eigenvalue weighted by molar-refractivity contribution is -0.194. The predicted molar refractivity (Wildman–Crippen MR) is 181 cm³/mol. The van der Waals surface area contributed by atoms with Crippen LogP contribution in [0, 0.1) is 5.92 Å². The van der Waals surface area contributed by atoms with Gasteiger partial charge in [0.15, 0.2) is 11.7 Å². The van der Waals surface area contributed by atoms with E-state index in [2.05, 4.69) is 5.32 Å². The fourth-order valence-corrected chi connectivity index (χ4v) is 7.90. The van der Waals surface area contributed by atoms with Crippen molar-refractivity contribution < 1.29 is 48.3 Å². The van der Waals surface area contributed by atoms with Crippen LogP contribution in [0.5, 0.6) is 23.0 Å². The monoisotopic (exact) mass is 688 g/mol. The van der Waals surface area contributed by atoms with Gasteiger partial charge in [-0.05, 0) is 43.9 Å². The molecule has 3 N–H and O–H groups in total. The Hall–Kier alpha value is -4.81. The van der Waals surface area contributed by atoms with Crippen molar-refractivity contribution in [1.82, 2.24) is 10.2 Å². The molecule has 1 saturated carbocycles. The molecule has 0 spiro atoms. The maximum atomic E-state index is 15.5. The average molecular weight is 689 g/mol. The third-order valence-electron chi connectivity index (χ3n) is 10.5. The lowest BCUT2D eigenvalue weighted by atomic mass is 9.74. The second-order valence-corrected chi connectivity index (χ2v) is 13.3. The van der Waals surface area contributed by atoms with Crippen molar-refractivity contribution in [2.45, 2.75) is 75.0 Å². The number of amides is 2. The molecule has 12 heteroatoms. The van der Waals surface area contributed by atoms with Crippen LogP contribution < -0.4 is 24.3 Å². The van der Waals surface area contributed by atoms with Crippen LogP contribution >= 0.6 is 0 Å². The summed E-state index contributed by atoms with van der Waals surface area (Å²) in [5.41, 5.74) is -4.33. The fraction of sp³-hybridized carbons (Fsp3) is 0.447. The average Bonchev–Trinajstić information content (AvgIpc) is 3.63. The number of methoxy groups -OCH3 is 3. The van der Waals surface area contributed by atoms with Gasteiger partial charge in [0.1, 0.15) is 40.4 Å². The van der Waals surface area contributed by atoms with Crippen LogP contribution in [0.1, 0.15) is 62.6 Å². The van der Waals surface area contributed by atoms with Crippen molar-refractivity contribution in [3.63, 3.8) is 0 Å². The van der Waals surface area contributed by atoms with Gasteiger partial charge >= 0.3 is 5.97 Å². The highest BCUT2D eigenvalue weighted by Gasteiger charge is 2.78. The van der Waals surface area contributed by atoms with Gasteiger partial charge in [-0.15, -0.1) is 0 Å². The summed E-state index contributed by atoms with van der Waals surface area (Å²) in [5.74, 6) is -2.73. The predicted octanol–water partition coefficient (Wildman–Crippen LogP) is 3.76. The molecule has 2 bridgehead atoms. The molecule has 3 aromatic carbocycles. The van der Waals surface area contributed by atoms with Gasteiger partial charge in [-0.25, -0.2) is 0 Å². The van der Waals surface area contributed by atoms with E-state index in [9.17, 15) is 19.8 Å². The zero-order valence-corrected chi connectivity index (χ0v) is 29.1. The van der Waals surface area contributed by atoms with E-state index in [0.717, 1.165) is 0 Å². The minimum Gasteiger partial charge on any atom is -0.497 e. The van der Waals surface area contributed by atoms with Gasteiger partial charge in [-0.3, -0.25) is 14.4 Å². The Morgan fingerprint density at radius 3 is 2.28 bits per heavy atom. The number of hydrogen-bond donors (Lipinski definition) is 3. The zero-order chi connectivity index (χ0) is 36.0. The van der Waals surface area contributed by atoms with Gasteiger partial charge in [-0.2, -0.15) is 0 Å². The molecule has 50 heavy (non-hydrogen) atoms. The fourth-order valence-electron chi connectivity index (χ4n) is 7.90. The number of nitrogens with zero attached hydrogens (tertiary/aromatic N) is 1. The summed E-state index contributed by atoms with van der Waals surface area (Å²) in [6.07, 6.45) is -1.03. The number of fused-ring (bicyclic) bond motifs is 4. The van der Waals surface area contributed by atoms with Gasteiger partial charge in [-0.1, -0.05) is 49.4 Å². The molecule has 3 aliphatic rings. The van der Waals surface area contributed by atoms with Gasteiger partial charge < -0.3 is 44.1 Å². The first-order chi connectivity index (χ1) is 23.9. The molecule has 7 atom stereocenters. The largest absolute Gasteiger partial charge is 0.497 e. The van der Waals surface area contributed by atoms with Crippen LogP contribution in [0.2, 0.25) is 0 Å². The molecule has 1 aliphatic carbocycles. The summed E-state index contributed by atoms with van der Waals surface area (Å²) in [6.45, 7) is 4.66. The zero-order valence-electron chi connectivity index (χ0n) is 29.1. The molecule has 266 valence electrons. The summed E-state index contributed by atoms with van der Waals surface area (Å²) in [6, 6.07) is 19.2. The first-order valence-electron chi connectivity index (χ1n) is 16.8. The van der Waals surface area contributed by atoms with Crippen molar-refractivity contribution in [3.05, 3.63) is 83.4 Å². The lowest BCUT2D eigenvalue weighted by Crippen LogP contribution is -2.59. The summed E-state index contributed by atoms with van der Waals surface area (Å²) < 4.78 is 30.1. The van der Waals surface area contributed by atoms with Gasteiger partial charge in [0, 0.05) is 37.1 Å². The first-order valence-corrected chi connectivity index (χ1v) is 16.8. The molecule has 2 fully saturated rings. The number of rotatable bonds is 10. The van der Waals surface area contributed by atoms with Gasteiger partial charge in [0.05, 0.1) is 32.8 Å². The third-order valence-corrected chi connectivity index (χ3v) is 10.5. The molecule has 2 aliphatic heterocycles. The quantitative estimate of drug-likeness (QED) is 0.269. The van der Waals surface area contributed by atoms with E-state index in [1.807, 2.05) is 30.3 Å². The van der Waals surface area contributed by atoms with Crippen LogP contribution in [-0.2, 0) is 30.3 Å². The Morgan fingerprint density at radius 1 is 1.00 bits per heavy atom. The Bertz CT molecular complexity index is 1760. The molecular formula is C38H44N2O10. The maximum Gasteiger partial charge on any atom is 0.303 e. The number of ether oxygens (including phenoxy) is 5. The van der Waals surface area contributed by atoms with E-state index in [0.29, 0.717) is 35.5 Å². The number of benzene rings is 3. The van der Waals surface area contributed by atoms with E-state index >= 15 is 4.79 Å². The number of esters is 1. The van der Waals surface area contributed by atoms with Crippen molar-refractivity contribution >= 4 is 17.8 Å². The van der Waals surface area contributed by atoms with Crippen LogP contribution in [-0.4, -0.2) is 78.6 Å². The third kappa shape index (κ3) is 5.41. The number of likely N-dealkylation sites (tertiary alicyclic amines) is 1. The molecule has 2 heterocycles. The highest BCUT2D eigenvalue weighted by molar-refractivity contribution is 5.88. The normalized spacial score (nSPS) is 27.7. The van der Waals surface area contributed by atoms with E-state index < -0.39 is 58.7 Å². The Morgan fingerprint density at radius 2 is 1.68 bits per heavy atom. The van der Waals surface area contributed by atoms with Crippen LogP contribution in [0.15, 0.2) is 66.7 Å². The molecule has 1 saturated heterocycles. The molecule has 0 unspecified atom stereocenters. The van der Waals surface area contributed by atoms with Crippen molar-refractivity contribution in [1.29, 1.82) is 0 Å². The lowest BCUT2D eigenvalue weighted by Gasteiger charge is -2.46. The number of carbonyl (C=O) groups excluding carboxylic acids is 3. The highest BCUT2D eigenvalue weighted by atomic mass is 16.6. The molecule has 0 radical (unpaired) electrons. The highest BCUT2D eigenvalue weighted by Crippen LogP contribution is 2.69. The molecule has 0 aromatic heterocycles. The molecule has 12 nitrogen and oxygen atoms in total. The first kappa shape index (κ1) is 35.0. The second-order valence-electron chi connectivity index (χ2n) is 13.3. The second kappa shape index (κ2) is 13.1. The van der Waals surface area contributed by atoms with Crippen molar-refractivity contribution in [2.24, 2.45) is 5.92 Å². The van der Waals surface area contributed by atoms with Crippen LogP contribution in [0.25, 0.3) is 0 Å². The number of carbonyl (C=O) groups is 3. The van der Waals surface area contributed by atoms with E-state index in [4.69, 9.17) is 23.7 Å². The van der Waals surface area contributed by atoms with E-state index in [1.54, 1.807) is 48.2 Å². The number of hydrogen-bond acceptors (Lipinski definition) is 10. The topological polar surface area (TPSA) is 153 Å². The van der Waals surface area contributed by atoms with Crippen molar-refractivity contribution in [3.8, 4) is 23.0 Å². The Labute approximate surface area is 291 Å².